The Kier molecular flexibility index (Phi) is 4.85. The normalized spacial score (nSPS) is 23.2. The van der Waals surface area contributed by atoms with Crippen molar-refractivity contribution in [3.8, 4) is 0 Å². The minimum atomic E-state index is -3.77. The Balaban J connectivity index is 2.26. The number of nitrogen functional groups attached to an aromatic ring is 1. The third kappa shape index (κ3) is 3.53. The van der Waals surface area contributed by atoms with Gasteiger partial charge in [0.25, 0.3) is 0 Å². The van der Waals surface area contributed by atoms with E-state index in [1.165, 1.54) is 13.0 Å². The lowest BCUT2D eigenvalue weighted by atomic mass is 9.86. The first kappa shape index (κ1) is 16.2. The van der Waals surface area contributed by atoms with Gasteiger partial charge in [0.2, 0.25) is 10.0 Å². The standard InChI is InChI=1S/C14H21FN2O3S/c1-9-6-11(7-12(16)14(9)15)21(19,20)17-13-5-3-2-4-10(13)8-18/h6-7,10,13,17-18H,2-5,8,16H2,1H3. The number of aliphatic hydroxyl groups excluding tert-OH is 1. The minimum absolute atomic E-state index is 0.0406. The highest BCUT2D eigenvalue weighted by Crippen LogP contribution is 2.26. The lowest BCUT2D eigenvalue weighted by Crippen LogP contribution is -2.43. The molecule has 0 saturated heterocycles. The van der Waals surface area contributed by atoms with Crippen LogP contribution in [0.2, 0.25) is 0 Å². The Hall–Kier alpha value is -1.18. The lowest BCUT2D eigenvalue weighted by molar-refractivity contribution is 0.164. The molecule has 2 unspecified atom stereocenters. The molecule has 1 aromatic carbocycles. The largest absolute Gasteiger partial charge is 0.396 e. The number of halogens is 1. The highest BCUT2D eigenvalue weighted by molar-refractivity contribution is 7.89. The van der Waals surface area contributed by atoms with E-state index in [9.17, 15) is 17.9 Å². The minimum Gasteiger partial charge on any atom is -0.396 e. The van der Waals surface area contributed by atoms with Gasteiger partial charge in [-0.15, -0.1) is 0 Å². The van der Waals surface area contributed by atoms with E-state index >= 15 is 0 Å². The van der Waals surface area contributed by atoms with Crippen LogP contribution in [-0.4, -0.2) is 26.2 Å². The van der Waals surface area contributed by atoms with Gasteiger partial charge in [0.05, 0.1) is 10.6 Å². The van der Waals surface area contributed by atoms with Crippen molar-refractivity contribution < 1.29 is 17.9 Å². The van der Waals surface area contributed by atoms with Crippen molar-refractivity contribution in [3.05, 3.63) is 23.5 Å². The third-order valence-corrected chi connectivity index (χ3v) is 5.49. The second kappa shape index (κ2) is 6.29. The van der Waals surface area contributed by atoms with Crippen molar-refractivity contribution in [2.75, 3.05) is 12.3 Å². The van der Waals surface area contributed by atoms with E-state index in [1.807, 2.05) is 0 Å². The van der Waals surface area contributed by atoms with Crippen LogP contribution in [0.4, 0.5) is 10.1 Å². The van der Waals surface area contributed by atoms with Gasteiger partial charge in [0.1, 0.15) is 5.82 Å². The lowest BCUT2D eigenvalue weighted by Gasteiger charge is -2.30. The maximum atomic E-state index is 13.5. The first-order chi connectivity index (χ1) is 9.85. The molecule has 4 N–H and O–H groups in total. The summed E-state index contributed by atoms with van der Waals surface area (Å²) < 4.78 is 40.9. The number of aryl methyl sites for hydroxylation is 1. The van der Waals surface area contributed by atoms with Crippen LogP contribution in [-0.2, 0) is 10.0 Å². The van der Waals surface area contributed by atoms with Gasteiger partial charge in [-0.2, -0.15) is 0 Å². The van der Waals surface area contributed by atoms with Crippen molar-refractivity contribution in [1.82, 2.24) is 4.72 Å². The second-order valence-corrected chi connectivity index (χ2v) is 7.31. The number of rotatable bonds is 4. The summed E-state index contributed by atoms with van der Waals surface area (Å²) in [4.78, 5) is -0.0406. The van der Waals surface area contributed by atoms with Crippen molar-refractivity contribution in [2.45, 2.75) is 43.5 Å². The van der Waals surface area contributed by atoms with Crippen LogP contribution in [0.15, 0.2) is 17.0 Å². The van der Waals surface area contributed by atoms with E-state index in [1.54, 1.807) is 0 Å². The van der Waals surface area contributed by atoms with Crippen LogP contribution >= 0.6 is 0 Å². The highest BCUT2D eigenvalue weighted by atomic mass is 32.2. The molecule has 0 bridgehead atoms. The molecule has 2 atom stereocenters. The summed E-state index contributed by atoms with van der Waals surface area (Å²) in [6.07, 6.45) is 3.41. The quantitative estimate of drug-likeness (QED) is 0.735. The second-order valence-electron chi connectivity index (χ2n) is 5.60. The third-order valence-electron chi connectivity index (χ3n) is 4.02. The molecule has 1 aliphatic carbocycles. The molecule has 1 aliphatic rings. The van der Waals surface area contributed by atoms with Crippen molar-refractivity contribution in [2.24, 2.45) is 5.92 Å². The Labute approximate surface area is 124 Å². The average molecular weight is 316 g/mol. The summed E-state index contributed by atoms with van der Waals surface area (Å²) in [7, 11) is -3.77. The number of benzene rings is 1. The van der Waals surface area contributed by atoms with Gasteiger partial charge in [-0.3, -0.25) is 0 Å². The molecule has 7 heteroatoms. The number of aliphatic hydroxyl groups is 1. The predicted octanol–water partition coefficient (Wildman–Crippen LogP) is 1.55. The Morgan fingerprint density at radius 1 is 1.38 bits per heavy atom. The first-order valence-electron chi connectivity index (χ1n) is 7.04. The van der Waals surface area contributed by atoms with Crippen LogP contribution in [0, 0.1) is 18.7 Å². The fourth-order valence-corrected chi connectivity index (χ4v) is 4.23. The van der Waals surface area contributed by atoms with E-state index in [-0.39, 0.29) is 34.7 Å². The number of nitrogens with one attached hydrogen (secondary N) is 1. The van der Waals surface area contributed by atoms with Crippen molar-refractivity contribution in [1.29, 1.82) is 0 Å². The SMILES string of the molecule is Cc1cc(S(=O)(=O)NC2CCCCC2CO)cc(N)c1F. The van der Waals surface area contributed by atoms with Crippen LogP contribution < -0.4 is 10.5 Å². The molecule has 5 nitrogen and oxygen atoms in total. The zero-order chi connectivity index (χ0) is 15.6. The molecule has 0 radical (unpaired) electrons. The summed E-state index contributed by atoms with van der Waals surface area (Å²) in [5.41, 5.74) is 5.51. The van der Waals surface area contributed by atoms with Gasteiger partial charge < -0.3 is 10.8 Å². The van der Waals surface area contributed by atoms with Crippen LogP contribution in [0.5, 0.6) is 0 Å². The molecule has 118 valence electrons. The molecular weight excluding hydrogens is 295 g/mol. The number of hydrogen-bond donors (Lipinski definition) is 3. The maximum absolute atomic E-state index is 13.5. The molecule has 2 rings (SSSR count). The number of anilines is 1. The van der Waals surface area contributed by atoms with Gasteiger partial charge in [0, 0.05) is 12.6 Å². The van der Waals surface area contributed by atoms with Gasteiger partial charge >= 0.3 is 0 Å². The van der Waals surface area contributed by atoms with Crippen LogP contribution in [0.3, 0.4) is 0 Å². The van der Waals surface area contributed by atoms with Gasteiger partial charge in [0.15, 0.2) is 0 Å². The highest BCUT2D eigenvalue weighted by Gasteiger charge is 2.29. The fourth-order valence-electron chi connectivity index (χ4n) is 2.77. The molecule has 1 saturated carbocycles. The van der Waals surface area contributed by atoms with Crippen molar-refractivity contribution >= 4 is 15.7 Å². The van der Waals surface area contributed by atoms with Crippen molar-refractivity contribution in [3.63, 3.8) is 0 Å². The molecule has 0 aromatic heterocycles. The first-order valence-corrected chi connectivity index (χ1v) is 8.52. The van der Waals surface area contributed by atoms with E-state index in [0.29, 0.717) is 6.42 Å². The summed E-state index contributed by atoms with van der Waals surface area (Å²) in [6.45, 7) is 1.43. The average Bonchev–Trinajstić information content (AvgIpc) is 2.44. The number of hydrogen-bond acceptors (Lipinski definition) is 4. The van der Waals surface area contributed by atoms with E-state index in [4.69, 9.17) is 5.73 Å². The number of sulfonamides is 1. The predicted molar refractivity (Wildman–Crippen MR) is 78.7 cm³/mol. The van der Waals surface area contributed by atoms with E-state index in [2.05, 4.69) is 4.72 Å². The monoisotopic (exact) mass is 316 g/mol. The summed E-state index contributed by atoms with van der Waals surface area (Å²) in [6, 6.07) is 2.10. The summed E-state index contributed by atoms with van der Waals surface area (Å²) >= 11 is 0. The molecule has 1 aromatic rings. The Bertz CT molecular complexity index is 596. The molecule has 21 heavy (non-hydrogen) atoms. The van der Waals surface area contributed by atoms with Gasteiger partial charge in [-0.25, -0.2) is 17.5 Å². The Morgan fingerprint density at radius 2 is 2.05 bits per heavy atom. The zero-order valence-electron chi connectivity index (χ0n) is 12.0. The molecule has 0 amide bonds. The Morgan fingerprint density at radius 3 is 2.67 bits per heavy atom. The smallest absolute Gasteiger partial charge is 0.240 e. The molecular formula is C14H21FN2O3S. The van der Waals surface area contributed by atoms with Crippen LogP contribution in [0.1, 0.15) is 31.2 Å². The van der Waals surface area contributed by atoms with Gasteiger partial charge in [-0.05, 0) is 43.4 Å². The summed E-state index contributed by atoms with van der Waals surface area (Å²) in [5.74, 6) is -0.674. The fraction of sp³-hybridized carbons (Fsp3) is 0.571. The summed E-state index contributed by atoms with van der Waals surface area (Å²) in [5, 5.41) is 9.35. The van der Waals surface area contributed by atoms with E-state index < -0.39 is 15.8 Å². The topological polar surface area (TPSA) is 92.4 Å². The molecule has 1 fully saturated rings. The molecule has 0 aliphatic heterocycles. The maximum Gasteiger partial charge on any atom is 0.240 e. The van der Waals surface area contributed by atoms with Gasteiger partial charge in [-0.1, -0.05) is 12.8 Å². The number of nitrogens with two attached hydrogens (primary N) is 1. The van der Waals surface area contributed by atoms with E-state index in [0.717, 1.165) is 25.3 Å². The zero-order valence-corrected chi connectivity index (χ0v) is 12.8. The van der Waals surface area contributed by atoms with Crippen LogP contribution in [0.25, 0.3) is 0 Å². The molecule has 0 heterocycles. The molecule has 0 spiro atoms.